The predicted molar refractivity (Wildman–Crippen MR) is 90.1 cm³/mol. The number of nitrogens with zero attached hydrogens (tertiary/aromatic N) is 2. The molecule has 0 radical (unpaired) electrons. The van der Waals surface area contributed by atoms with Crippen molar-refractivity contribution < 1.29 is 14.5 Å². The van der Waals surface area contributed by atoms with Crippen LogP contribution in [-0.2, 0) is 4.79 Å². The van der Waals surface area contributed by atoms with E-state index in [1.807, 2.05) is 31.2 Å². The van der Waals surface area contributed by atoms with Gasteiger partial charge < -0.3 is 4.74 Å². The molecule has 1 amide bonds. The number of para-hydroxylation sites is 2. The van der Waals surface area contributed by atoms with Gasteiger partial charge in [-0.1, -0.05) is 42.0 Å². The van der Waals surface area contributed by atoms with Crippen molar-refractivity contribution in [3.63, 3.8) is 0 Å². The van der Waals surface area contributed by atoms with Gasteiger partial charge in [0.1, 0.15) is 0 Å². The SMILES string of the molecule is Cc1cccc(/C=N\NC(=O)C(C)Oc2ccccc2[N+](=O)[O-])c1. The molecule has 2 aromatic rings. The van der Waals surface area contributed by atoms with Gasteiger partial charge in [0.05, 0.1) is 11.1 Å². The van der Waals surface area contributed by atoms with Crippen molar-refractivity contribution in [3.05, 3.63) is 69.8 Å². The number of rotatable bonds is 6. The normalized spacial score (nSPS) is 11.9. The Bertz CT molecular complexity index is 774. The van der Waals surface area contributed by atoms with Crippen molar-refractivity contribution in [1.29, 1.82) is 0 Å². The maximum atomic E-state index is 12.0. The summed E-state index contributed by atoms with van der Waals surface area (Å²) in [4.78, 5) is 22.3. The molecule has 7 nitrogen and oxygen atoms in total. The molecular weight excluding hydrogens is 310 g/mol. The van der Waals surface area contributed by atoms with Crippen molar-refractivity contribution >= 4 is 17.8 Å². The maximum absolute atomic E-state index is 12.0. The van der Waals surface area contributed by atoms with E-state index in [1.54, 1.807) is 6.07 Å². The minimum atomic E-state index is -0.930. The van der Waals surface area contributed by atoms with E-state index in [1.165, 1.54) is 31.3 Å². The number of aryl methyl sites for hydroxylation is 1. The first-order valence-corrected chi connectivity index (χ1v) is 7.27. The summed E-state index contributed by atoms with van der Waals surface area (Å²) in [6, 6.07) is 13.5. The Balaban J connectivity index is 1.97. The van der Waals surface area contributed by atoms with Crippen LogP contribution in [0.5, 0.6) is 5.75 Å². The molecule has 1 unspecified atom stereocenters. The summed E-state index contributed by atoms with van der Waals surface area (Å²) in [7, 11) is 0. The zero-order chi connectivity index (χ0) is 17.5. The second-order valence-corrected chi connectivity index (χ2v) is 5.13. The minimum Gasteiger partial charge on any atom is -0.474 e. The van der Waals surface area contributed by atoms with Crippen LogP contribution >= 0.6 is 0 Å². The van der Waals surface area contributed by atoms with Crippen molar-refractivity contribution in [2.45, 2.75) is 20.0 Å². The number of benzene rings is 2. The van der Waals surface area contributed by atoms with Gasteiger partial charge in [-0.15, -0.1) is 0 Å². The van der Waals surface area contributed by atoms with E-state index in [9.17, 15) is 14.9 Å². The second-order valence-electron chi connectivity index (χ2n) is 5.13. The Morgan fingerprint density at radius 1 is 1.29 bits per heavy atom. The van der Waals surface area contributed by atoms with Gasteiger partial charge in [0.25, 0.3) is 5.91 Å². The fourth-order valence-corrected chi connectivity index (χ4v) is 1.96. The number of hydrogen-bond donors (Lipinski definition) is 1. The molecule has 0 saturated carbocycles. The van der Waals surface area contributed by atoms with Crippen LogP contribution < -0.4 is 10.2 Å². The zero-order valence-corrected chi connectivity index (χ0v) is 13.3. The molecule has 0 aliphatic rings. The van der Waals surface area contributed by atoms with E-state index >= 15 is 0 Å². The minimum absolute atomic E-state index is 0.0350. The zero-order valence-electron chi connectivity index (χ0n) is 13.3. The van der Waals surface area contributed by atoms with Crippen LogP contribution in [0.15, 0.2) is 53.6 Å². The van der Waals surface area contributed by atoms with Crippen LogP contribution in [0.4, 0.5) is 5.69 Å². The average Bonchev–Trinajstić information content (AvgIpc) is 2.55. The molecular formula is C17H17N3O4. The number of hydrazone groups is 1. The average molecular weight is 327 g/mol. The van der Waals surface area contributed by atoms with E-state index in [4.69, 9.17) is 4.74 Å². The highest BCUT2D eigenvalue weighted by Crippen LogP contribution is 2.26. The first kappa shape index (κ1) is 17.1. The molecule has 0 saturated heterocycles. The van der Waals surface area contributed by atoms with Crippen LogP contribution in [-0.4, -0.2) is 23.1 Å². The van der Waals surface area contributed by atoms with E-state index < -0.39 is 16.9 Å². The molecule has 0 aliphatic heterocycles. The summed E-state index contributed by atoms with van der Waals surface area (Å²) >= 11 is 0. The molecule has 124 valence electrons. The maximum Gasteiger partial charge on any atom is 0.310 e. The Morgan fingerprint density at radius 3 is 2.75 bits per heavy atom. The van der Waals surface area contributed by atoms with E-state index in [0.29, 0.717) is 0 Å². The van der Waals surface area contributed by atoms with Crippen molar-refractivity contribution in [2.24, 2.45) is 5.10 Å². The molecule has 0 bridgehead atoms. The third-order valence-corrected chi connectivity index (χ3v) is 3.17. The highest BCUT2D eigenvalue weighted by Gasteiger charge is 2.20. The summed E-state index contributed by atoms with van der Waals surface area (Å²) in [6.45, 7) is 3.45. The molecule has 1 N–H and O–H groups in total. The third kappa shape index (κ3) is 4.64. The molecule has 0 aliphatic carbocycles. The predicted octanol–water partition coefficient (Wildman–Crippen LogP) is 2.82. The number of nitrogens with one attached hydrogen (secondary N) is 1. The van der Waals surface area contributed by atoms with Gasteiger partial charge in [-0.2, -0.15) is 5.10 Å². The number of nitro groups is 1. The van der Waals surface area contributed by atoms with Gasteiger partial charge in [0, 0.05) is 6.07 Å². The van der Waals surface area contributed by atoms with Crippen molar-refractivity contribution in [1.82, 2.24) is 5.43 Å². The van der Waals surface area contributed by atoms with Crippen LogP contribution in [0.3, 0.4) is 0 Å². The number of carbonyl (C=O) groups excluding carboxylic acids is 1. The Labute approximate surface area is 139 Å². The Hall–Kier alpha value is -3.22. The van der Waals surface area contributed by atoms with Crippen LogP contribution in [0.25, 0.3) is 0 Å². The van der Waals surface area contributed by atoms with Crippen molar-refractivity contribution in [3.8, 4) is 5.75 Å². The van der Waals surface area contributed by atoms with E-state index in [0.717, 1.165) is 11.1 Å². The fourth-order valence-electron chi connectivity index (χ4n) is 1.96. The van der Waals surface area contributed by atoms with E-state index in [-0.39, 0.29) is 11.4 Å². The summed E-state index contributed by atoms with van der Waals surface area (Å²) in [5.41, 5.74) is 4.09. The van der Waals surface area contributed by atoms with Gasteiger partial charge >= 0.3 is 5.69 Å². The third-order valence-electron chi connectivity index (χ3n) is 3.17. The van der Waals surface area contributed by atoms with Gasteiger partial charge in [0.15, 0.2) is 11.9 Å². The van der Waals surface area contributed by atoms with Gasteiger partial charge in [0.2, 0.25) is 0 Å². The van der Waals surface area contributed by atoms with Crippen molar-refractivity contribution in [2.75, 3.05) is 0 Å². The largest absolute Gasteiger partial charge is 0.474 e. The van der Waals surface area contributed by atoms with Crippen LogP contribution in [0.1, 0.15) is 18.1 Å². The molecule has 2 rings (SSSR count). The lowest BCUT2D eigenvalue weighted by molar-refractivity contribution is -0.386. The number of amides is 1. The molecule has 0 aromatic heterocycles. The molecule has 0 fully saturated rings. The molecule has 0 heterocycles. The molecule has 24 heavy (non-hydrogen) atoms. The standard InChI is InChI=1S/C17H17N3O4/c1-12-6-5-7-14(10-12)11-18-19-17(21)13(2)24-16-9-4-3-8-15(16)20(22)23/h3-11,13H,1-2H3,(H,19,21)/b18-11-. The highest BCUT2D eigenvalue weighted by atomic mass is 16.6. The fraction of sp³-hybridized carbons (Fsp3) is 0.176. The number of carbonyl (C=O) groups is 1. The summed E-state index contributed by atoms with van der Waals surface area (Å²) in [6.07, 6.45) is 0.587. The lowest BCUT2D eigenvalue weighted by Gasteiger charge is -2.12. The van der Waals surface area contributed by atoms with Gasteiger partial charge in [-0.3, -0.25) is 14.9 Å². The Morgan fingerprint density at radius 2 is 2.04 bits per heavy atom. The lowest BCUT2D eigenvalue weighted by Crippen LogP contribution is -2.33. The van der Waals surface area contributed by atoms with Crippen LogP contribution in [0.2, 0.25) is 0 Å². The Kier molecular flexibility index (Phi) is 5.62. The number of ether oxygens (including phenoxy) is 1. The number of nitro benzene ring substituents is 1. The van der Waals surface area contributed by atoms with E-state index in [2.05, 4.69) is 10.5 Å². The monoisotopic (exact) mass is 327 g/mol. The van der Waals surface area contributed by atoms with Crippen LogP contribution in [0, 0.1) is 17.0 Å². The second kappa shape index (κ2) is 7.87. The molecule has 0 spiro atoms. The molecule has 1 atom stereocenters. The quantitative estimate of drug-likeness (QED) is 0.501. The molecule has 2 aromatic carbocycles. The topological polar surface area (TPSA) is 93.8 Å². The van der Waals surface area contributed by atoms with Gasteiger partial charge in [-0.25, -0.2) is 5.43 Å². The smallest absolute Gasteiger partial charge is 0.310 e. The molecule has 7 heteroatoms. The number of hydrogen-bond acceptors (Lipinski definition) is 5. The first-order chi connectivity index (χ1) is 11.5. The summed E-state index contributed by atoms with van der Waals surface area (Å²) in [5.74, 6) is -0.468. The summed E-state index contributed by atoms with van der Waals surface area (Å²) < 4.78 is 5.36. The highest BCUT2D eigenvalue weighted by molar-refractivity contribution is 5.84. The summed E-state index contributed by atoms with van der Waals surface area (Å²) in [5, 5.41) is 14.8. The van der Waals surface area contributed by atoms with Gasteiger partial charge in [-0.05, 0) is 25.5 Å². The lowest BCUT2D eigenvalue weighted by atomic mass is 10.2. The first-order valence-electron chi connectivity index (χ1n) is 7.27.